The summed E-state index contributed by atoms with van der Waals surface area (Å²) in [5, 5.41) is 10.5. The van der Waals surface area contributed by atoms with Crippen LogP contribution < -0.4 is 10.2 Å². The lowest BCUT2D eigenvalue weighted by molar-refractivity contribution is 0.200. The zero-order valence-electron chi connectivity index (χ0n) is 10.6. The minimum Gasteiger partial charge on any atom is -0.384 e. The maximum Gasteiger partial charge on any atom is 0.244 e. The fraction of sp³-hybridized carbons (Fsp3) is 0.818. The summed E-state index contributed by atoms with van der Waals surface area (Å²) in [6.07, 6.45) is 3.09. The van der Waals surface area contributed by atoms with Gasteiger partial charge in [-0.2, -0.15) is 4.98 Å². The summed E-state index contributed by atoms with van der Waals surface area (Å²) in [7, 11) is 3.72. The zero-order chi connectivity index (χ0) is 12.1. The number of rotatable bonds is 5. The van der Waals surface area contributed by atoms with E-state index in [0.29, 0.717) is 12.6 Å². The second-order valence-corrected chi connectivity index (χ2v) is 4.37. The van der Waals surface area contributed by atoms with Crippen LogP contribution in [0.25, 0.3) is 0 Å². The van der Waals surface area contributed by atoms with Crippen LogP contribution in [0.2, 0.25) is 0 Å². The molecule has 0 saturated carbocycles. The van der Waals surface area contributed by atoms with E-state index >= 15 is 0 Å². The third-order valence-electron chi connectivity index (χ3n) is 3.25. The minimum atomic E-state index is 0.637. The smallest absolute Gasteiger partial charge is 0.244 e. The molecule has 0 unspecified atom stereocenters. The summed E-state index contributed by atoms with van der Waals surface area (Å²) >= 11 is 0. The van der Waals surface area contributed by atoms with E-state index in [9.17, 15) is 0 Å². The highest BCUT2D eigenvalue weighted by Gasteiger charge is 2.20. The number of methoxy groups -OCH3 is 1. The maximum absolute atomic E-state index is 5.02. The number of aromatic amines is 1. The van der Waals surface area contributed by atoms with Crippen LogP contribution in [0.4, 0.5) is 5.95 Å². The van der Waals surface area contributed by atoms with Crippen LogP contribution >= 0.6 is 0 Å². The predicted molar refractivity (Wildman–Crippen MR) is 66.3 cm³/mol. The number of anilines is 1. The van der Waals surface area contributed by atoms with Crippen molar-refractivity contribution in [2.45, 2.75) is 25.3 Å². The number of hydrogen-bond acceptors (Lipinski definition) is 5. The summed E-state index contributed by atoms with van der Waals surface area (Å²) in [5.74, 6) is 1.73. The van der Waals surface area contributed by atoms with Crippen LogP contribution in [-0.2, 0) is 11.2 Å². The highest BCUT2D eigenvalue weighted by atomic mass is 16.5. The molecule has 2 heterocycles. The van der Waals surface area contributed by atoms with Crippen LogP contribution in [0.3, 0.4) is 0 Å². The second-order valence-electron chi connectivity index (χ2n) is 4.37. The summed E-state index contributed by atoms with van der Waals surface area (Å²) < 4.78 is 5.02. The van der Waals surface area contributed by atoms with Crippen LogP contribution in [0.1, 0.15) is 18.7 Å². The van der Waals surface area contributed by atoms with Crippen molar-refractivity contribution < 1.29 is 4.74 Å². The number of nitrogens with one attached hydrogen (secondary N) is 2. The van der Waals surface area contributed by atoms with Gasteiger partial charge in [0.2, 0.25) is 5.95 Å². The predicted octanol–water partition coefficient (Wildman–Crippen LogP) is 0.182. The van der Waals surface area contributed by atoms with Crippen molar-refractivity contribution in [1.82, 2.24) is 20.5 Å². The van der Waals surface area contributed by atoms with Gasteiger partial charge in [0.15, 0.2) is 0 Å². The molecule has 2 N–H and O–H groups in total. The van der Waals surface area contributed by atoms with Gasteiger partial charge in [-0.05, 0) is 19.9 Å². The normalized spacial score (nSPS) is 17.6. The number of H-pyrrole nitrogens is 1. The van der Waals surface area contributed by atoms with E-state index in [-0.39, 0.29) is 0 Å². The van der Waals surface area contributed by atoms with Crippen molar-refractivity contribution in [3.8, 4) is 0 Å². The van der Waals surface area contributed by atoms with Crippen molar-refractivity contribution in [1.29, 1.82) is 0 Å². The molecule has 0 radical (unpaired) electrons. The van der Waals surface area contributed by atoms with E-state index in [2.05, 4.69) is 25.4 Å². The molecular formula is C11H21N5O. The Morgan fingerprint density at radius 2 is 2.24 bits per heavy atom. The van der Waals surface area contributed by atoms with Gasteiger partial charge in [-0.3, -0.25) is 5.10 Å². The molecule has 1 aromatic heterocycles. The molecule has 1 saturated heterocycles. The van der Waals surface area contributed by atoms with Gasteiger partial charge >= 0.3 is 0 Å². The van der Waals surface area contributed by atoms with Crippen molar-refractivity contribution >= 4 is 5.95 Å². The van der Waals surface area contributed by atoms with Gasteiger partial charge in [-0.1, -0.05) is 0 Å². The molecule has 6 heteroatoms. The van der Waals surface area contributed by atoms with E-state index in [1.165, 1.54) is 0 Å². The Labute approximate surface area is 102 Å². The highest BCUT2D eigenvalue weighted by Crippen LogP contribution is 2.15. The van der Waals surface area contributed by atoms with E-state index in [0.717, 1.165) is 44.1 Å². The number of aromatic nitrogens is 3. The van der Waals surface area contributed by atoms with Gasteiger partial charge in [0.1, 0.15) is 5.82 Å². The Balaban J connectivity index is 1.87. The minimum absolute atomic E-state index is 0.637. The molecule has 96 valence electrons. The first-order valence-corrected chi connectivity index (χ1v) is 6.16. The van der Waals surface area contributed by atoms with E-state index in [4.69, 9.17) is 4.74 Å². The largest absolute Gasteiger partial charge is 0.384 e. The molecule has 6 nitrogen and oxygen atoms in total. The molecule has 1 aliphatic rings. The molecule has 0 spiro atoms. The van der Waals surface area contributed by atoms with Crippen molar-refractivity contribution in [3.63, 3.8) is 0 Å². The fourth-order valence-corrected chi connectivity index (χ4v) is 2.11. The first kappa shape index (κ1) is 12.3. The van der Waals surface area contributed by atoms with Gasteiger partial charge in [-0.15, -0.1) is 5.10 Å². The zero-order valence-corrected chi connectivity index (χ0v) is 10.6. The molecule has 0 atom stereocenters. The molecule has 0 amide bonds. The van der Waals surface area contributed by atoms with Crippen molar-refractivity contribution in [2.24, 2.45) is 0 Å². The molecular weight excluding hydrogens is 218 g/mol. The number of ether oxygens (including phenoxy) is 1. The van der Waals surface area contributed by atoms with Crippen molar-refractivity contribution in [2.75, 3.05) is 38.8 Å². The first-order chi connectivity index (χ1) is 8.33. The molecule has 0 aliphatic carbocycles. The Morgan fingerprint density at radius 3 is 2.88 bits per heavy atom. The monoisotopic (exact) mass is 239 g/mol. The van der Waals surface area contributed by atoms with Gasteiger partial charge in [0.05, 0.1) is 6.61 Å². The van der Waals surface area contributed by atoms with Crippen LogP contribution in [0.15, 0.2) is 0 Å². The Morgan fingerprint density at radius 1 is 1.47 bits per heavy atom. The third kappa shape index (κ3) is 3.17. The van der Waals surface area contributed by atoms with Gasteiger partial charge < -0.3 is 15.0 Å². The van der Waals surface area contributed by atoms with Gasteiger partial charge in [-0.25, -0.2) is 0 Å². The first-order valence-electron chi connectivity index (χ1n) is 6.16. The molecule has 2 rings (SSSR count). The highest BCUT2D eigenvalue weighted by molar-refractivity contribution is 5.29. The van der Waals surface area contributed by atoms with Crippen molar-refractivity contribution in [3.05, 3.63) is 5.82 Å². The average Bonchev–Trinajstić information content (AvgIpc) is 2.85. The van der Waals surface area contributed by atoms with Crippen LogP contribution in [0.5, 0.6) is 0 Å². The SMILES string of the molecule is CNC1CCN(c2n[nH]c(CCOC)n2)CC1. The summed E-state index contributed by atoms with van der Waals surface area (Å²) in [4.78, 5) is 6.72. The topological polar surface area (TPSA) is 66.1 Å². The number of nitrogens with zero attached hydrogens (tertiary/aromatic N) is 3. The van der Waals surface area contributed by atoms with E-state index in [1.807, 2.05) is 7.05 Å². The quantitative estimate of drug-likeness (QED) is 0.767. The number of hydrogen-bond donors (Lipinski definition) is 2. The lowest BCUT2D eigenvalue weighted by Gasteiger charge is -2.30. The molecule has 0 bridgehead atoms. The fourth-order valence-electron chi connectivity index (χ4n) is 2.11. The van der Waals surface area contributed by atoms with Crippen LogP contribution in [0, 0.1) is 0 Å². The Hall–Kier alpha value is -1.14. The lowest BCUT2D eigenvalue weighted by atomic mass is 10.1. The summed E-state index contributed by atoms with van der Waals surface area (Å²) in [6.45, 7) is 2.72. The maximum atomic E-state index is 5.02. The molecule has 1 aromatic rings. The third-order valence-corrected chi connectivity index (χ3v) is 3.25. The molecule has 0 aromatic carbocycles. The van der Waals surface area contributed by atoms with Crippen LogP contribution in [-0.4, -0.2) is 55.1 Å². The second kappa shape index (κ2) is 5.97. The Kier molecular flexibility index (Phi) is 4.33. The number of piperidine rings is 1. The standard InChI is InChI=1S/C11H21N5O/c1-12-9-3-6-16(7-4-9)11-13-10(14-15-11)5-8-17-2/h9,12H,3-8H2,1-2H3,(H,13,14,15). The van der Waals surface area contributed by atoms with Gasteiger partial charge in [0, 0.05) is 32.7 Å². The lowest BCUT2D eigenvalue weighted by Crippen LogP contribution is -2.41. The molecule has 1 fully saturated rings. The van der Waals surface area contributed by atoms with E-state index in [1.54, 1.807) is 7.11 Å². The summed E-state index contributed by atoms with van der Waals surface area (Å²) in [5.41, 5.74) is 0. The molecule has 1 aliphatic heterocycles. The Bertz CT molecular complexity index is 332. The average molecular weight is 239 g/mol. The van der Waals surface area contributed by atoms with E-state index < -0.39 is 0 Å². The summed E-state index contributed by atoms with van der Waals surface area (Å²) in [6, 6.07) is 0.637. The van der Waals surface area contributed by atoms with Gasteiger partial charge in [0.25, 0.3) is 0 Å². The molecule has 17 heavy (non-hydrogen) atoms.